The summed E-state index contributed by atoms with van der Waals surface area (Å²) in [5, 5.41) is 0. The van der Waals surface area contributed by atoms with Crippen molar-refractivity contribution in [3.05, 3.63) is 35.4 Å². The van der Waals surface area contributed by atoms with Crippen LogP contribution in [-0.2, 0) is 27.5 Å². The zero-order valence-electron chi connectivity index (χ0n) is 13.7. The SMILES string of the molecule is CC.CC(=O)OCc1ccc(CN)cc1.CC(C)C(N)=O. The number of hydrogen-bond acceptors (Lipinski definition) is 4. The minimum atomic E-state index is -0.261. The third-order valence-electron chi connectivity index (χ3n) is 2.27. The molecule has 5 nitrogen and oxygen atoms in total. The van der Waals surface area contributed by atoms with E-state index in [4.69, 9.17) is 16.2 Å². The topological polar surface area (TPSA) is 95.4 Å². The Morgan fingerprint density at radius 1 is 1.10 bits per heavy atom. The Hall–Kier alpha value is -1.88. The lowest BCUT2D eigenvalue weighted by atomic mass is 10.1. The van der Waals surface area contributed by atoms with E-state index in [9.17, 15) is 9.59 Å². The third-order valence-corrected chi connectivity index (χ3v) is 2.27. The molecule has 0 aliphatic rings. The first kappa shape index (κ1) is 21.4. The fourth-order valence-electron chi connectivity index (χ4n) is 0.957. The van der Waals surface area contributed by atoms with Gasteiger partial charge in [-0.25, -0.2) is 0 Å². The van der Waals surface area contributed by atoms with Crippen LogP contribution in [0.3, 0.4) is 0 Å². The standard InChI is InChI=1S/C10H13NO2.C4H9NO.C2H6/c1-8(12)13-7-10-4-2-9(6-11)3-5-10;1-3(2)4(5)6;1-2/h2-5H,6-7,11H2,1H3;3H,1-2H3,(H2,5,6);1-2H3. The molecule has 0 heterocycles. The summed E-state index contributed by atoms with van der Waals surface area (Å²) in [6.07, 6.45) is 0. The fourth-order valence-corrected chi connectivity index (χ4v) is 0.957. The molecule has 0 aromatic heterocycles. The molecule has 0 saturated carbocycles. The number of nitrogens with two attached hydrogens (primary N) is 2. The normalized spacial score (nSPS) is 8.90. The second-order valence-corrected chi connectivity index (χ2v) is 4.36. The number of rotatable bonds is 4. The van der Waals surface area contributed by atoms with Crippen LogP contribution in [0.2, 0.25) is 0 Å². The maximum atomic E-state index is 10.5. The van der Waals surface area contributed by atoms with Gasteiger partial charge >= 0.3 is 5.97 Å². The maximum Gasteiger partial charge on any atom is 0.302 e. The molecule has 0 spiro atoms. The van der Waals surface area contributed by atoms with Crippen molar-refractivity contribution in [2.75, 3.05) is 0 Å². The minimum Gasteiger partial charge on any atom is -0.461 e. The smallest absolute Gasteiger partial charge is 0.302 e. The number of benzene rings is 1. The summed E-state index contributed by atoms with van der Waals surface area (Å²) in [5.41, 5.74) is 12.3. The van der Waals surface area contributed by atoms with Gasteiger partial charge in [-0.3, -0.25) is 9.59 Å². The van der Waals surface area contributed by atoms with Crippen molar-refractivity contribution in [3.8, 4) is 0 Å². The highest BCUT2D eigenvalue weighted by atomic mass is 16.5. The summed E-state index contributed by atoms with van der Waals surface area (Å²) in [5.74, 6) is -0.511. The number of carbonyl (C=O) groups is 2. The molecule has 1 aromatic rings. The first-order valence-corrected chi connectivity index (χ1v) is 7.07. The lowest BCUT2D eigenvalue weighted by molar-refractivity contribution is -0.142. The summed E-state index contributed by atoms with van der Waals surface area (Å²) >= 11 is 0. The average Bonchev–Trinajstić information content (AvgIpc) is 2.48. The van der Waals surface area contributed by atoms with Crippen LogP contribution in [0.5, 0.6) is 0 Å². The number of amides is 1. The summed E-state index contributed by atoms with van der Waals surface area (Å²) < 4.78 is 4.83. The Kier molecular flexibility index (Phi) is 13.4. The summed E-state index contributed by atoms with van der Waals surface area (Å²) in [4.78, 5) is 20.4. The number of hydrogen-bond donors (Lipinski definition) is 2. The van der Waals surface area contributed by atoms with Gasteiger partial charge in [-0.15, -0.1) is 0 Å². The summed E-state index contributed by atoms with van der Waals surface area (Å²) in [6.45, 7) is 9.80. The van der Waals surface area contributed by atoms with E-state index in [-0.39, 0.29) is 17.8 Å². The van der Waals surface area contributed by atoms with Crippen LogP contribution in [0.15, 0.2) is 24.3 Å². The maximum absolute atomic E-state index is 10.5. The number of esters is 1. The van der Waals surface area contributed by atoms with Crippen LogP contribution >= 0.6 is 0 Å². The van der Waals surface area contributed by atoms with Crippen molar-refractivity contribution in [1.82, 2.24) is 0 Å². The molecule has 0 bridgehead atoms. The Morgan fingerprint density at radius 3 is 1.76 bits per heavy atom. The van der Waals surface area contributed by atoms with Gasteiger partial charge < -0.3 is 16.2 Å². The monoisotopic (exact) mass is 296 g/mol. The van der Waals surface area contributed by atoms with Crippen molar-refractivity contribution < 1.29 is 14.3 Å². The van der Waals surface area contributed by atoms with E-state index < -0.39 is 0 Å². The van der Waals surface area contributed by atoms with E-state index in [2.05, 4.69) is 0 Å². The molecule has 0 aliphatic heterocycles. The highest BCUT2D eigenvalue weighted by Crippen LogP contribution is 2.04. The summed E-state index contributed by atoms with van der Waals surface area (Å²) in [6, 6.07) is 7.67. The highest BCUT2D eigenvalue weighted by Gasteiger charge is 1.96. The second kappa shape index (κ2) is 13.1. The van der Waals surface area contributed by atoms with Gasteiger partial charge in [-0.05, 0) is 11.1 Å². The van der Waals surface area contributed by atoms with Gasteiger partial charge in [0, 0.05) is 19.4 Å². The molecule has 0 fully saturated rings. The average molecular weight is 296 g/mol. The zero-order valence-corrected chi connectivity index (χ0v) is 13.7. The van der Waals surface area contributed by atoms with Crippen molar-refractivity contribution in [2.45, 2.75) is 47.8 Å². The molecule has 0 aliphatic carbocycles. The quantitative estimate of drug-likeness (QED) is 0.834. The van der Waals surface area contributed by atoms with Crippen molar-refractivity contribution in [3.63, 3.8) is 0 Å². The van der Waals surface area contributed by atoms with E-state index in [1.165, 1.54) is 6.92 Å². The van der Waals surface area contributed by atoms with Crippen LogP contribution in [-0.4, -0.2) is 11.9 Å². The number of primary amides is 1. The molecule has 21 heavy (non-hydrogen) atoms. The molecular formula is C16H28N2O3. The van der Waals surface area contributed by atoms with E-state index in [1.54, 1.807) is 13.8 Å². The predicted octanol–water partition coefficient (Wildman–Crippen LogP) is 2.36. The molecule has 4 N–H and O–H groups in total. The Morgan fingerprint density at radius 2 is 1.48 bits per heavy atom. The zero-order chi connectivity index (χ0) is 16.8. The molecule has 1 rings (SSSR count). The molecule has 5 heteroatoms. The van der Waals surface area contributed by atoms with Crippen LogP contribution in [0.4, 0.5) is 0 Å². The van der Waals surface area contributed by atoms with Gasteiger partial charge in [0.15, 0.2) is 0 Å². The Balaban J connectivity index is 0. The number of carbonyl (C=O) groups excluding carboxylic acids is 2. The van der Waals surface area contributed by atoms with Crippen LogP contribution in [0.25, 0.3) is 0 Å². The van der Waals surface area contributed by atoms with Gasteiger partial charge in [0.05, 0.1) is 0 Å². The van der Waals surface area contributed by atoms with Crippen LogP contribution in [0.1, 0.15) is 45.7 Å². The summed E-state index contributed by atoms with van der Waals surface area (Å²) in [7, 11) is 0. The van der Waals surface area contributed by atoms with Crippen molar-refractivity contribution >= 4 is 11.9 Å². The molecule has 120 valence electrons. The molecule has 0 atom stereocenters. The highest BCUT2D eigenvalue weighted by molar-refractivity contribution is 5.75. The van der Waals surface area contributed by atoms with Gasteiger partial charge in [-0.2, -0.15) is 0 Å². The first-order chi connectivity index (χ1) is 9.86. The molecular weight excluding hydrogens is 268 g/mol. The molecule has 1 aromatic carbocycles. The lowest BCUT2D eigenvalue weighted by Gasteiger charge is -2.02. The van der Waals surface area contributed by atoms with E-state index in [0.717, 1.165) is 11.1 Å². The first-order valence-electron chi connectivity index (χ1n) is 7.07. The van der Waals surface area contributed by atoms with Crippen LogP contribution in [0, 0.1) is 5.92 Å². The molecule has 0 saturated heterocycles. The van der Waals surface area contributed by atoms with Crippen LogP contribution < -0.4 is 11.5 Å². The fraction of sp³-hybridized carbons (Fsp3) is 0.500. The lowest BCUT2D eigenvalue weighted by Crippen LogP contribution is -2.17. The van der Waals surface area contributed by atoms with E-state index in [0.29, 0.717) is 13.2 Å². The molecule has 1 amide bonds. The van der Waals surface area contributed by atoms with E-state index in [1.807, 2.05) is 38.1 Å². The van der Waals surface area contributed by atoms with Crippen molar-refractivity contribution in [2.24, 2.45) is 17.4 Å². The van der Waals surface area contributed by atoms with Crippen molar-refractivity contribution in [1.29, 1.82) is 0 Å². The Bertz CT molecular complexity index is 400. The van der Waals surface area contributed by atoms with Gasteiger partial charge in [0.2, 0.25) is 5.91 Å². The van der Waals surface area contributed by atoms with E-state index >= 15 is 0 Å². The Labute approximate surface area is 127 Å². The van der Waals surface area contributed by atoms with Gasteiger partial charge in [0.1, 0.15) is 6.61 Å². The number of ether oxygens (including phenoxy) is 1. The molecule has 0 radical (unpaired) electrons. The second-order valence-electron chi connectivity index (χ2n) is 4.36. The molecule has 0 unspecified atom stereocenters. The largest absolute Gasteiger partial charge is 0.461 e. The predicted molar refractivity (Wildman–Crippen MR) is 85.2 cm³/mol. The minimum absolute atomic E-state index is 0.00926. The van der Waals surface area contributed by atoms with Gasteiger partial charge in [0.25, 0.3) is 0 Å². The third kappa shape index (κ3) is 12.9. The van der Waals surface area contributed by atoms with Gasteiger partial charge in [-0.1, -0.05) is 52.0 Å².